The third-order valence-corrected chi connectivity index (χ3v) is 7.27. The SMILES string of the molecule is CN1CCN(c2ccc(C(O)C(O)CNC(=O)OCC3c4ccccc4-c4ccccc43)cc2)CC1. The topological polar surface area (TPSA) is 85.3 Å². The van der Waals surface area contributed by atoms with Crippen molar-refractivity contribution in [3.8, 4) is 11.1 Å². The van der Waals surface area contributed by atoms with Gasteiger partial charge in [0, 0.05) is 44.3 Å². The lowest BCUT2D eigenvalue weighted by Gasteiger charge is -2.34. The van der Waals surface area contributed by atoms with Gasteiger partial charge >= 0.3 is 6.09 Å². The van der Waals surface area contributed by atoms with E-state index < -0.39 is 18.3 Å². The third kappa shape index (κ3) is 5.09. The van der Waals surface area contributed by atoms with Crippen LogP contribution in [0.4, 0.5) is 10.5 Å². The number of fused-ring (bicyclic) bond motifs is 3. The van der Waals surface area contributed by atoms with E-state index >= 15 is 0 Å². The Morgan fingerprint density at radius 3 is 2.11 bits per heavy atom. The largest absolute Gasteiger partial charge is 0.449 e. The molecule has 0 saturated carbocycles. The van der Waals surface area contributed by atoms with E-state index in [-0.39, 0.29) is 19.1 Å². The van der Waals surface area contributed by atoms with Gasteiger partial charge in [-0.2, -0.15) is 0 Å². The summed E-state index contributed by atoms with van der Waals surface area (Å²) >= 11 is 0. The van der Waals surface area contributed by atoms with E-state index in [2.05, 4.69) is 46.4 Å². The van der Waals surface area contributed by atoms with Gasteiger partial charge in [0.05, 0.1) is 0 Å². The molecule has 3 aromatic carbocycles. The molecule has 3 N–H and O–H groups in total. The Kier molecular flexibility index (Phi) is 7.23. The molecule has 0 bridgehead atoms. The fraction of sp³-hybridized carbons (Fsp3) is 0.345. The monoisotopic (exact) mass is 487 g/mol. The van der Waals surface area contributed by atoms with Gasteiger partial charge in [-0.1, -0.05) is 60.7 Å². The lowest BCUT2D eigenvalue weighted by Crippen LogP contribution is -2.44. The van der Waals surface area contributed by atoms with E-state index in [1.807, 2.05) is 48.5 Å². The Bertz CT molecular complexity index is 1150. The lowest BCUT2D eigenvalue weighted by atomic mass is 9.98. The molecule has 7 nitrogen and oxygen atoms in total. The molecule has 36 heavy (non-hydrogen) atoms. The van der Waals surface area contributed by atoms with Crippen LogP contribution in [0.3, 0.4) is 0 Å². The first-order valence-corrected chi connectivity index (χ1v) is 12.5. The molecule has 1 aliphatic carbocycles. The summed E-state index contributed by atoms with van der Waals surface area (Å²) in [7, 11) is 2.12. The fourth-order valence-electron chi connectivity index (χ4n) is 5.12. The number of aliphatic hydroxyl groups excluding tert-OH is 2. The van der Waals surface area contributed by atoms with Gasteiger partial charge in [0.25, 0.3) is 0 Å². The van der Waals surface area contributed by atoms with Crippen LogP contribution in [0.1, 0.15) is 28.7 Å². The molecule has 2 atom stereocenters. The lowest BCUT2D eigenvalue weighted by molar-refractivity contribution is 0.0185. The van der Waals surface area contributed by atoms with Crippen LogP contribution in [-0.2, 0) is 4.74 Å². The fourth-order valence-corrected chi connectivity index (χ4v) is 5.12. The number of anilines is 1. The average Bonchev–Trinajstić information content (AvgIpc) is 3.24. The summed E-state index contributed by atoms with van der Waals surface area (Å²) in [6.45, 7) is 4.05. The van der Waals surface area contributed by atoms with Crippen molar-refractivity contribution < 1.29 is 19.7 Å². The van der Waals surface area contributed by atoms with Crippen LogP contribution in [0.25, 0.3) is 11.1 Å². The maximum Gasteiger partial charge on any atom is 0.407 e. The van der Waals surface area contributed by atoms with Gasteiger partial charge in [0.1, 0.15) is 18.8 Å². The highest BCUT2D eigenvalue weighted by Gasteiger charge is 2.29. The second-order valence-electron chi connectivity index (χ2n) is 9.60. The molecule has 3 aromatic rings. The summed E-state index contributed by atoms with van der Waals surface area (Å²) in [6.07, 6.45) is -2.88. The first-order valence-electron chi connectivity index (χ1n) is 12.5. The van der Waals surface area contributed by atoms with Crippen molar-refractivity contribution >= 4 is 11.8 Å². The van der Waals surface area contributed by atoms with Crippen molar-refractivity contribution in [2.24, 2.45) is 0 Å². The minimum Gasteiger partial charge on any atom is -0.449 e. The molecule has 0 spiro atoms. The summed E-state index contributed by atoms with van der Waals surface area (Å²) in [5.41, 5.74) is 6.32. The standard InChI is InChI=1S/C29H33N3O4/c1-31-14-16-32(17-15-31)21-12-10-20(11-13-21)28(34)27(33)18-30-29(35)36-19-26-24-8-4-2-6-22(24)23-7-3-5-9-25(23)26/h2-13,26-28,33-34H,14-19H2,1H3,(H,30,35). The number of rotatable bonds is 7. The minimum absolute atomic E-state index is 0.0301. The van der Waals surface area contributed by atoms with Crippen LogP contribution in [0, 0.1) is 0 Å². The molecular weight excluding hydrogens is 454 g/mol. The van der Waals surface area contributed by atoms with Gasteiger partial charge in [0.2, 0.25) is 0 Å². The molecule has 2 unspecified atom stereocenters. The number of aliphatic hydroxyl groups is 2. The quantitative estimate of drug-likeness (QED) is 0.474. The smallest absolute Gasteiger partial charge is 0.407 e. The first kappa shape index (κ1) is 24.3. The van der Waals surface area contributed by atoms with Crippen LogP contribution >= 0.6 is 0 Å². The minimum atomic E-state index is -1.15. The number of likely N-dealkylation sites (N-methyl/N-ethyl adjacent to an activating group) is 1. The Morgan fingerprint density at radius 2 is 1.50 bits per heavy atom. The van der Waals surface area contributed by atoms with Crippen molar-refractivity contribution in [1.82, 2.24) is 10.2 Å². The second-order valence-corrected chi connectivity index (χ2v) is 9.60. The highest BCUT2D eigenvalue weighted by Crippen LogP contribution is 2.44. The number of piperazine rings is 1. The van der Waals surface area contributed by atoms with Crippen LogP contribution in [0.5, 0.6) is 0 Å². The molecule has 1 heterocycles. The number of benzene rings is 3. The number of ether oxygens (including phenoxy) is 1. The highest BCUT2D eigenvalue weighted by molar-refractivity contribution is 5.79. The predicted octanol–water partition coefficient (Wildman–Crippen LogP) is 3.37. The van der Waals surface area contributed by atoms with Crippen LogP contribution in [0.2, 0.25) is 0 Å². The molecular formula is C29H33N3O4. The van der Waals surface area contributed by atoms with Crippen molar-refractivity contribution in [3.63, 3.8) is 0 Å². The average molecular weight is 488 g/mol. The van der Waals surface area contributed by atoms with Gasteiger partial charge in [-0.25, -0.2) is 4.79 Å². The molecule has 1 amide bonds. The maximum atomic E-state index is 12.4. The first-order chi connectivity index (χ1) is 17.5. The van der Waals surface area contributed by atoms with Crippen LogP contribution in [0.15, 0.2) is 72.8 Å². The molecule has 0 aromatic heterocycles. The number of amides is 1. The second kappa shape index (κ2) is 10.7. The molecule has 1 aliphatic heterocycles. The van der Waals surface area contributed by atoms with E-state index in [4.69, 9.17) is 4.74 Å². The van der Waals surface area contributed by atoms with Crippen molar-refractivity contribution in [1.29, 1.82) is 0 Å². The van der Waals surface area contributed by atoms with E-state index in [9.17, 15) is 15.0 Å². The van der Waals surface area contributed by atoms with Gasteiger partial charge in [0.15, 0.2) is 0 Å². The number of nitrogens with one attached hydrogen (secondary N) is 1. The molecule has 1 fully saturated rings. The van der Waals surface area contributed by atoms with Crippen LogP contribution in [-0.4, -0.2) is 73.7 Å². The van der Waals surface area contributed by atoms with E-state index in [0.717, 1.165) is 43.0 Å². The summed E-state index contributed by atoms with van der Waals surface area (Å²) in [5, 5.41) is 23.7. The van der Waals surface area contributed by atoms with E-state index in [0.29, 0.717) is 5.56 Å². The normalized spacial score (nSPS) is 17.2. The summed E-state index contributed by atoms with van der Waals surface area (Å²) in [4.78, 5) is 17.0. The Labute approximate surface area is 211 Å². The number of carbonyl (C=O) groups is 1. The molecule has 0 radical (unpaired) electrons. The number of alkyl carbamates (subject to hydrolysis) is 1. The zero-order valence-electron chi connectivity index (χ0n) is 20.5. The van der Waals surface area contributed by atoms with Gasteiger partial charge in [-0.3, -0.25) is 0 Å². The maximum absolute atomic E-state index is 12.4. The molecule has 2 aliphatic rings. The Balaban J connectivity index is 1.12. The van der Waals surface area contributed by atoms with E-state index in [1.54, 1.807) is 0 Å². The van der Waals surface area contributed by atoms with E-state index in [1.165, 1.54) is 11.1 Å². The summed E-state index contributed by atoms with van der Waals surface area (Å²) < 4.78 is 5.51. The van der Waals surface area contributed by atoms with Crippen LogP contribution < -0.4 is 10.2 Å². The third-order valence-electron chi connectivity index (χ3n) is 7.27. The zero-order valence-corrected chi connectivity index (χ0v) is 20.5. The molecule has 7 heteroatoms. The number of hydrogen-bond acceptors (Lipinski definition) is 6. The Hall–Kier alpha value is -3.39. The molecule has 5 rings (SSSR count). The number of carbonyl (C=O) groups excluding carboxylic acids is 1. The molecule has 1 saturated heterocycles. The zero-order chi connectivity index (χ0) is 25.1. The van der Waals surface area contributed by atoms with Gasteiger partial charge in [-0.05, 0) is 47.0 Å². The predicted molar refractivity (Wildman–Crippen MR) is 140 cm³/mol. The summed E-state index contributed by atoms with van der Waals surface area (Å²) in [5.74, 6) is -0.0301. The number of hydrogen-bond donors (Lipinski definition) is 3. The Morgan fingerprint density at radius 1 is 0.917 bits per heavy atom. The van der Waals surface area contributed by atoms with Crippen molar-refractivity contribution in [2.45, 2.75) is 18.1 Å². The van der Waals surface area contributed by atoms with Gasteiger partial charge in [-0.15, -0.1) is 0 Å². The van der Waals surface area contributed by atoms with Crippen molar-refractivity contribution in [2.75, 3.05) is 51.3 Å². The molecule has 188 valence electrons. The van der Waals surface area contributed by atoms with Gasteiger partial charge < -0.3 is 30.1 Å². The number of nitrogens with zero attached hydrogens (tertiary/aromatic N) is 2. The summed E-state index contributed by atoms with van der Waals surface area (Å²) in [6, 6.07) is 23.9. The van der Waals surface area contributed by atoms with Crippen molar-refractivity contribution in [3.05, 3.63) is 89.5 Å². The highest BCUT2D eigenvalue weighted by atomic mass is 16.5.